The third kappa shape index (κ3) is 6.87. The highest BCUT2D eigenvalue weighted by Crippen LogP contribution is 2.26. The molecule has 0 aliphatic heterocycles. The Bertz CT molecular complexity index is 1160. The van der Waals surface area contributed by atoms with E-state index in [0.717, 1.165) is 27.4 Å². The maximum atomic E-state index is 12.3. The largest absolute Gasteiger partial charge is 0.455 e. The first-order chi connectivity index (χ1) is 15.7. The van der Waals surface area contributed by atoms with Crippen LogP contribution in [0.1, 0.15) is 16.8 Å². The molecule has 7 nitrogen and oxygen atoms in total. The number of hydrogen-bond donors (Lipinski definition) is 1. The van der Waals surface area contributed by atoms with Crippen molar-refractivity contribution in [3.05, 3.63) is 69.7 Å². The Kier molecular flexibility index (Phi) is 8.19. The highest BCUT2D eigenvalue weighted by atomic mass is 35.5. The van der Waals surface area contributed by atoms with Crippen LogP contribution in [0.15, 0.2) is 47.8 Å². The SMILES string of the molecule is Cc1cccc(C)c1NC(=O)CN(C)C(=O)COC(=O)Cc1csc(-c2cccc(Cl)c2)n1. The zero-order valence-electron chi connectivity index (χ0n) is 18.6. The number of benzene rings is 2. The van der Waals surface area contributed by atoms with E-state index in [4.69, 9.17) is 16.3 Å². The number of halogens is 1. The molecule has 0 radical (unpaired) electrons. The maximum Gasteiger partial charge on any atom is 0.312 e. The molecule has 33 heavy (non-hydrogen) atoms. The van der Waals surface area contributed by atoms with Gasteiger partial charge in [0.15, 0.2) is 6.61 Å². The number of esters is 1. The standard InChI is InChI=1S/C24H24ClN3O4S/c1-15-6-4-7-16(2)23(15)27-20(29)12-28(3)21(30)13-32-22(31)11-19-14-33-24(26-19)17-8-5-9-18(25)10-17/h4-10,14H,11-13H2,1-3H3,(H,27,29). The molecular formula is C24H24ClN3O4S. The lowest BCUT2D eigenvalue weighted by molar-refractivity contribution is -0.151. The molecule has 0 unspecified atom stereocenters. The second-order valence-electron chi connectivity index (χ2n) is 7.56. The predicted molar refractivity (Wildman–Crippen MR) is 129 cm³/mol. The maximum absolute atomic E-state index is 12.3. The van der Waals surface area contributed by atoms with Gasteiger partial charge in [0.25, 0.3) is 5.91 Å². The molecular weight excluding hydrogens is 462 g/mol. The first-order valence-corrected chi connectivity index (χ1v) is 11.4. The summed E-state index contributed by atoms with van der Waals surface area (Å²) in [6.07, 6.45) is -0.0545. The van der Waals surface area contributed by atoms with Crippen molar-refractivity contribution in [1.82, 2.24) is 9.88 Å². The number of aromatic nitrogens is 1. The van der Waals surface area contributed by atoms with Crippen LogP contribution in [0.4, 0.5) is 5.69 Å². The Morgan fingerprint density at radius 2 is 1.82 bits per heavy atom. The van der Waals surface area contributed by atoms with E-state index in [1.54, 1.807) is 17.5 Å². The minimum atomic E-state index is -0.570. The van der Waals surface area contributed by atoms with Crippen molar-refractivity contribution in [1.29, 1.82) is 0 Å². The zero-order chi connectivity index (χ0) is 24.0. The number of anilines is 1. The molecule has 0 aliphatic carbocycles. The smallest absolute Gasteiger partial charge is 0.312 e. The summed E-state index contributed by atoms with van der Waals surface area (Å²) in [6, 6.07) is 13.0. The van der Waals surface area contributed by atoms with E-state index in [-0.39, 0.29) is 18.9 Å². The Hall–Kier alpha value is -3.23. The Labute approximate surface area is 201 Å². The number of hydrogen-bond acceptors (Lipinski definition) is 6. The fourth-order valence-electron chi connectivity index (χ4n) is 3.09. The minimum Gasteiger partial charge on any atom is -0.455 e. The average Bonchev–Trinajstić information content (AvgIpc) is 3.23. The second-order valence-corrected chi connectivity index (χ2v) is 8.85. The topological polar surface area (TPSA) is 88.6 Å². The molecule has 2 aromatic carbocycles. The fourth-order valence-corrected chi connectivity index (χ4v) is 4.09. The number of carbonyl (C=O) groups excluding carboxylic acids is 3. The van der Waals surface area contributed by atoms with Crippen LogP contribution in [0, 0.1) is 13.8 Å². The summed E-state index contributed by atoms with van der Waals surface area (Å²) in [7, 11) is 1.48. The molecule has 0 saturated carbocycles. The summed E-state index contributed by atoms with van der Waals surface area (Å²) in [5.74, 6) is -1.37. The molecule has 0 fully saturated rings. The van der Waals surface area contributed by atoms with Gasteiger partial charge in [0, 0.05) is 28.7 Å². The molecule has 3 rings (SSSR count). The monoisotopic (exact) mass is 485 g/mol. The van der Waals surface area contributed by atoms with Crippen LogP contribution in [0.2, 0.25) is 5.02 Å². The predicted octanol–water partition coefficient (Wildman–Crippen LogP) is 4.26. The van der Waals surface area contributed by atoms with Gasteiger partial charge in [-0.25, -0.2) is 4.98 Å². The van der Waals surface area contributed by atoms with E-state index >= 15 is 0 Å². The lowest BCUT2D eigenvalue weighted by atomic mass is 10.1. The van der Waals surface area contributed by atoms with Crippen molar-refractivity contribution in [2.45, 2.75) is 20.3 Å². The highest BCUT2D eigenvalue weighted by molar-refractivity contribution is 7.13. The number of carbonyl (C=O) groups is 3. The van der Waals surface area contributed by atoms with Crippen molar-refractivity contribution >= 4 is 46.4 Å². The average molecular weight is 486 g/mol. The van der Waals surface area contributed by atoms with Gasteiger partial charge >= 0.3 is 5.97 Å². The van der Waals surface area contributed by atoms with Gasteiger partial charge in [0.2, 0.25) is 5.91 Å². The van der Waals surface area contributed by atoms with Gasteiger partial charge in [-0.05, 0) is 37.1 Å². The number of thiazole rings is 1. The number of aryl methyl sites for hydroxylation is 2. The molecule has 1 heterocycles. The fraction of sp³-hybridized carbons (Fsp3) is 0.250. The number of nitrogens with one attached hydrogen (secondary N) is 1. The number of rotatable bonds is 8. The number of para-hydroxylation sites is 1. The summed E-state index contributed by atoms with van der Waals surface area (Å²) in [5, 5.41) is 5.94. The van der Waals surface area contributed by atoms with E-state index in [1.165, 1.54) is 23.3 Å². The molecule has 0 saturated heterocycles. The van der Waals surface area contributed by atoms with Crippen molar-refractivity contribution < 1.29 is 19.1 Å². The van der Waals surface area contributed by atoms with Gasteiger partial charge in [-0.1, -0.05) is 41.9 Å². The molecule has 0 aliphatic rings. The van der Waals surface area contributed by atoms with E-state index in [0.29, 0.717) is 10.7 Å². The molecule has 9 heteroatoms. The van der Waals surface area contributed by atoms with Crippen LogP contribution in [-0.4, -0.2) is 47.9 Å². The van der Waals surface area contributed by atoms with Gasteiger partial charge < -0.3 is 15.0 Å². The minimum absolute atomic E-state index is 0.0545. The van der Waals surface area contributed by atoms with Crippen LogP contribution in [0.3, 0.4) is 0 Å². The molecule has 1 N–H and O–H groups in total. The first-order valence-electron chi connectivity index (χ1n) is 10.2. The van der Waals surface area contributed by atoms with Gasteiger partial charge in [-0.15, -0.1) is 11.3 Å². The summed E-state index contributed by atoms with van der Waals surface area (Å²) >= 11 is 7.40. The van der Waals surface area contributed by atoms with E-state index < -0.39 is 18.5 Å². The lowest BCUT2D eigenvalue weighted by Gasteiger charge is -2.18. The number of likely N-dealkylation sites (N-methyl/N-ethyl adjacent to an activating group) is 1. The van der Waals surface area contributed by atoms with Crippen molar-refractivity contribution in [2.75, 3.05) is 25.5 Å². The highest BCUT2D eigenvalue weighted by Gasteiger charge is 2.17. The Balaban J connectivity index is 1.46. The number of nitrogens with zero attached hydrogens (tertiary/aromatic N) is 2. The molecule has 0 spiro atoms. The van der Waals surface area contributed by atoms with Crippen LogP contribution < -0.4 is 5.32 Å². The molecule has 3 aromatic rings. The second kappa shape index (κ2) is 11.1. The van der Waals surface area contributed by atoms with E-state index in [2.05, 4.69) is 10.3 Å². The first kappa shape index (κ1) is 24.4. The summed E-state index contributed by atoms with van der Waals surface area (Å²) in [5.41, 5.74) is 4.02. The van der Waals surface area contributed by atoms with Gasteiger partial charge in [0.1, 0.15) is 5.01 Å². The van der Waals surface area contributed by atoms with E-state index in [9.17, 15) is 14.4 Å². The van der Waals surface area contributed by atoms with Gasteiger partial charge in [0.05, 0.1) is 18.7 Å². The van der Waals surface area contributed by atoms with Crippen LogP contribution in [-0.2, 0) is 25.5 Å². The number of ether oxygens (including phenoxy) is 1. The van der Waals surface area contributed by atoms with E-state index in [1.807, 2.05) is 44.2 Å². The van der Waals surface area contributed by atoms with Gasteiger partial charge in [-0.3, -0.25) is 14.4 Å². The normalized spacial score (nSPS) is 10.5. The summed E-state index contributed by atoms with van der Waals surface area (Å²) < 4.78 is 5.08. The molecule has 2 amide bonds. The third-order valence-corrected chi connectivity index (χ3v) is 6.03. The Morgan fingerprint density at radius 1 is 1.12 bits per heavy atom. The quantitative estimate of drug-likeness (QED) is 0.481. The lowest BCUT2D eigenvalue weighted by Crippen LogP contribution is -2.37. The van der Waals surface area contributed by atoms with Crippen LogP contribution in [0.25, 0.3) is 10.6 Å². The third-order valence-electron chi connectivity index (χ3n) is 4.86. The molecule has 0 atom stereocenters. The molecule has 172 valence electrons. The van der Waals surface area contributed by atoms with Crippen molar-refractivity contribution in [3.63, 3.8) is 0 Å². The molecule has 1 aromatic heterocycles. The van der Waals surface area contributed by atoms with Crippen molar-refractivity contribution in [3.8, 4) is 10.6 Å². The van der Waals surface area contributed by atoms with Crippen LogP contribution >= 0.6 is 22.9 Å². The van der Waals surface area contributed by atoms with Crippen LogP contribution in [0.5, 0.6) is 0 Å². The summed E-state index contributed by atoms with van der Waals surface area (Å²) in [4.78, 5) is 42.4. The van der Waals surface area contributed by atoms with Crippen molar-refractivity contribution in [2.24, 2.45) is 0 Å². The number of amides is 2. The van der Waals surface area contributed by atoms with Gasteiger partial charge in [-0.2, -0.15) is 0 Å². The summed E-state index contributed by atoms with van der Waals surface area (Å²) in [6.45, 7) is 3.20. The molecule has 0 bridgehead atoms. The Morgan fingerprint density at radius 3 is 2.52 bits per heavy atom. The zero-order valence-corrected chi connectivity index (χ0v) is 20.1.